The van der Waals surface area contributed by atoms with Crippen molar-refractivity contribution in [3.05, 3.63) is 143 Å². The molecule has 0 N–H and O–H groups in total. The average molecular weight is 448 g/mol. The molecule has 2 nitrogen and oxygen atoms in total. The van der Waals surface area contributed by atoms with Crippen molar-refractivity contribution in [1.82, 2.24) is 4.90 Å². The summed E-state index contributed by atoms with van der Waals surface area (Å²) in [7, 11) is 4.05. The zero-order chi connectivity index (χ0) is 24.0. The van der Waals surface area contributed by atoms with Crippen molar-refractivity contribution in [3.63, 3.8) is 0 Å². The first-order valence-corrected chi connectivity index (χ1v) is 12.0. The van der Waals surface area contributed by atoms with Crippen LogP contribution in [0.15, 0.2) is 115 Å². The highest BCUT2D eigenvalue weighted by Crippen LogP contribution is 2.39. The number of carbonyl (C=O) groups is 1. The van der Waals surface area contributed by atoms with Gasteiger partial charge < -0.3 is 0 Å². The Kier molecular flexibility index (Phi) is 7.40. The summed E-state index contributed by atoms with van der Waals surface area (Å²) in [5.74, 6) is 0.196. The zero-order valence-corrected chi connectivity index (χ0v) is 20.3. The molecule has 0 heterocycles. The Morgan fingerprint density at radius 2 is 1.15 bits per heavy atom. The van der Waals surface area contributed by atoms with Crippen LogP contribution in [0.3, 0.4) is 0 Å². The molecule has 0 aliphatic carbocycles. The molecule has 34 heavy (non-hydrogen) atoms. The van der Waals surface area contributed by atoms with Crippen LogP contribution >= 0.6 is 0 Å². The summed E-state index contributed by atoms with van der Waals surface area (Å²) in [4.78, 5) is 16.5. The second-order valence-corrected chi connectivity index (χ2v) is 9.31. The lowest BCUT2D eigenvalue weighted by Gasteiger charge is -2.44. The molecule has 0 bridgehead atoms. The fraction of sp³-hybridized carbons (Fsp3) is 0.219. The van der Waals surface area contributed by atoms with E-state index in [1.54, 1.807) is 0 Å². The SMILES string of the molecule is CC(Cc1ccccc1)C(C(=O)c1ccc(Cc2ccccc2)cc1)(c1ccccc1)N(C)C. The quantitative estimate of drug-likeness (QED) is 0.263. The number of nitrogens with zero attached hydrogens (tertiary/aromatic N) is 1. The lowest BCUT2D eigenvalue weighted by Crippen LogP contribution is -2.53. The standard InChI is InChI=1S/C32H33NO/c1-25(23-26-13-7-4-8-14-26)32(33(2)3,30-17-11-6-12-18-30)31(34)29-21-19-28(20-22-29)24-27-15-9-5-10-16-27/h4-22,25H,23-24H2,1-3H3. The first-order chi connectivity index (χ1) is 16.5. The van der Waals surface area contributed by atoms with Gasteiger partial charge in [-0.15, -0.1) is 0 Å². The summed E-state index contributed by atoms with van der Waals surface area (Å²) < 4.78 is 0. The van der Waals surface area contributed by atoms with Gasteiger partial charge >= 0.3 is 0 Å². The molecule has 4 aromatic rings. The summed E-state index contributed by atoms with van der Waals surface area (Å²) in [6, 6.07) is 39.3. The number of hydrogen-bond donors (Lipinski definition) is 0. The maximum Gasteiger partial charge on any atom is 0.187 e. The number of ketones is 1. The molecular weight excluding hydrogens is 414 g/mol. The molecular formula is C32H33NO. The summed E-state index contributed by atoms with van der Waals surface area (Å²) in [6.45, 7) is 2.20. The zero-order valence-electron chi connectivity index (χ0n) is 20.3. The van der Waals surface area contributed by atoms with Crippen molar-refractivity contribution in [2.75, 3.05) is 14.1 Å². The summed E-state index contributed by atoms with van der Waals surface area (Å²) in [5, 5.41) is 0. The van der Waals surface area contributed by atoms with Gasteiger partial charge in [-0.25, -0.2) is 0 Å². The third-order valence-corrected chi connectivity index (χ3v) is 6.83. The Morgan fingerprint density at radius 1 is 0.676 bits per heavy atom. The highest BCUT2D eigenvalue weighted by Gasteiger charge is 2.47. The van der Waals surface area contributed by atoms with Crippen LogP contribution in [0.2, 0.25) is 0 Å². The highest BCUT2D eigenvalue weighted by atomic mass is 16.1. The van der Waals surface area contributed by atoms with Gasteiger partial charge in [-0.3, -0.25) is 9.69 Å². The maximum atomic E-state index is 14.4. The van der Waals surface area contributed by atoms with Gasteiger partial charge in [-0.2, -0.15) is 0 Å². The van der Waals surface area contributed by atoms with E-state index in [-0.39, 0.29) is 11.7 Å². The van der Waals surface area contributed by atoms with Crippen LogP contribution in [-0.4, -0.2) is 24.8 Å². The second-order valence-electron chi connectivity index (χ2n) is 9.31. The number of hydrogen-bond acceptors (Lipinski definition) is 2. The molecule has 0 fully saturated rings. The molecule has 172 valence electrons. The Balaban J connectivity index is 1.71. The van der Waals surface area contributed by atoms with Gasteiger partial charge in [0.25, 0.3) is 0 Å². The fourth-order valence-corrected chi connectivity index (χ4v) is 5.17. The summed E-state index contributed by atoms with van der Waals surface area (Å²) >= 11 is 0. The smallest absolute Gasteiger partial charge is 0.187 e. The van der Waals surface area contributed by atoms with Crippen LogP contribution < -0.4 is 0 Å². The predicted octanol–water partition coefficient (Wildman–Crippen LogP) is 6.80. The third kappa shape index (κ3) is 4.88. The van der Waals surface area contributed by atoms with Crippen molar-refractivity contribution >= 4 is 5.78 Å². The molecule has 0 saturated carbocycles. The molecule has 0 aliphatic heterocycles. The Bertz CT molecular complexity index is 1180. The molecule has 0 saturated heterocycles. The number of rotatable bonds is 9. The van der Waals surface area contributed by atoms with E-state index >= 15 is 0 Å². The van der Waals surface area contributed by atoms with Crippen LogP contribution in [0.4, 0.5) is 0 Å². The van der Waals surface area contributed by atoms with E-state index in [0.29, 0.717) is 0 Å². The fourth-order valence-electron chi connectivity index (χ4n) is 5.17. The van der Waals surface area contributed by atoms with E-state index in [0.717, 1.165) is 24.0 Å². The third-order valence-electron chi connectivity index (χ3n) is 6.83. The normalized spacial score (nSPS) is 13.9. The number of likely N-dealkylation sites (N-methyl/N-ethyl adjacent to an activating group) is 1. The largest absolute Gasteiger partial charge is 0.293 e. The number of benzene rings is 4. The van der Waals surface area contributed by atoms with Gasteiger partial charge in [-0.05, 0) is 55.1 Å². The van der Waals surface area contributed by atoms with Gasteiger partial charge in [0.05, 0.1) is 0 Å². The molecule has 2 unspecified atom stereocenters. The minimum atomic E-state index is -0.780. The average Bonchev–Trinajstić information content (AvgIpc) is 2.86. The van der Waals surface area contributed by atoms with Gasteiger partial charge in [0.1, 0.15) is 5.54 Å². The summed E-state index contributed by atoms with van der Waals surface area (Å²) in [6.07, 6.45) is 1.67. The van der Waals surface area contributed by atoms with Crippen LogP contribution in [0.1, 0.15) is 39.5 Å². The van der Waals surface area contributed by atoms with Crippen LogP contribution in [0.5, 0.6) is 0 Å². The molecule has 2 heteroatoms. The molecule has 0 amide bonds. The monoisotopic (exact) mass is 447 g/mol. The Morgan fingerprint density at radius 3 is 1.68 bits per heavy atom. The van der Waals surface area contributed by atoms with E-state index in [9.17, 15) is 4.79 Å². The van der Waals surface area contributed by atoms with Gasteiger partial charge in [0.15, 0.2) is 5.78 Å². The first-order valence-electron chi connectivity index (χ1n) is 12.0. The molecule has 4 rings (SSSR count). The van der Waals surface area contributed by atoms with E-state index in [4.69, 9.17) is 0 Å². The molecule has 0 radical (unpaired) electrons. The highest BCUT2D eigenvalue weighted by molar-refractivity contribution is 6.04. The van der Waals surface area contributed by atoms with E-state index in [2.05, 4.69) is 84.6 Å². The summed E-state index contributed by atoms with van der Waals surface area (Å²) in [5.41, 5.74) is 4.71. The number of Topliss-reactive ketones (excluding diaryl/α,β-unsaturated/α-hetero) is 1. The van der Waals surface area contributed by atoms with E-state index < -0.39 is 5.54 Å². The van der Waals surface area contributed by atoms with Crippen LogP contribution in [0.25, 0.3) is 0 Å². The molecule has 0 aromatic heterocycles. The van der Waals surface area contributed by atoms with Crippen molar-refractivity contribution in [1.29, 1.82) is 0 Å². The molecule has 0 aliphatic rings. The van der Waals surface area contributed by atoms with E-state index in [1.165, 1.54) is 16.7 Å². The molecule has 4 aromatic carbocycles. The lowest BCUT2D eigenvalue weighted by molar-refractivity contribution is 0.0498. The number of carbonyl (C=O) groups excluding carboxylic acids is 1. The Hall–Kier alpha value is -3.49. The topological polar surface area (TPSA) is 20.3 Å². The molecule has 0 spiro atoms. The predicted molar refractivity (Wildman–Crippen MR) is 141 cm³/mol. The van der Waals surface area contributed by atoms with Crippen LogP contribution in [-0.2, 0) is 18.4 Å². The van der Waals surface area contributed by atoms with E-state index in [1.807, 2.05) is 56.6 Å². The molecule has 2 atom stereocenters. The van der Waals surface area contributed by atoms with Crippen LogP contribution in [0, 0.1) is 5.92 Å². The van der Waals surface area contributed by atoms with Gasteiger partial charge in [0.2, 0.25) is 0 Å². The Labute approximate surface area is 203 Å². The van der Waals surface area contributed by atoms with Gasteiger partial charge in [-0.1, -0.05) is 122 Å². The maximum absolute atomic E-state index is 14.4. The van der Waals surface area contributed by atoms with Crippen molar-refractivity contribution < 1.29 is 4.79 Å². The van der Waals surface area contributed by atoms with Gasteiger partial charge in [0, 0.05) is 5.56 Å². The van der Waals surface area contributed by atoms with Crippen molar-refractivity contribution in [2.45, 2.75) is 25.3 Å². The lowest BCUT2D eigenvalue weighted by atomic mass is 9.70. The second kappa shape index (κ2) is 10.6. The minimum absolute atomic E-state index is 0.0591. The minimum Gasteiger partial charge on any atom is -0.293 e. The first kappa shape index (κ1) is 23.7. The van der Waals surface area contributed by atoms with Crippen molar-refractivity contribution in [2.24, 2.45) is 5.92 Å². The van der Waals surface area contributed by atoms with Crippen molar-refractivity contribution in [3.8, 4) is 0 Å².